The van der Waals surface area contributed by atoms with Gasteiger partial charge < -0.3 is 4.90 Å². The smallest absolute Gasteiger partial charge is 0.233 e. The maximum atomic E-state index is 11.0. The number of unbranched alkanes of at least 4 members (excludes halogenated alkanes) is 1. The molecular formula is C13H22N6O. The molecule has 0 aromatic carbocycles. The Kier molecular flexibility index (Phi) is 5.69. The number of hydrogen-bond donors (Lipinski definition) is 2. The first kappa shape index (κ1) is 14.7. The first-order valence-electron chi connectivity index (χ1n) is 7.03. The molecule has 20 heavy (non-hydrogen) atoms. The fraction of sp³-hybridized carbons (Fsp3) is 0.615. The Balaban J connectivity index is 1.63. The molecule has 1 aliphatic rings. The number of amides is 1. The molecule has 0 unspecified atom stereocenters. The normalized spacial score (nSPS) is 16.1. The van der Waals surface area contributed by atoms with Gasteiger partial charge in [-0.05, 0) is 25.5 Å². The predicted molar refractivity (Wildman–Crippen MR) is 76.9 cm³/mol. The van der Waals surface area contributed by atoms with Crippen LogP contribution in [0.1, 0.15) is 19.3 Å². The van der Waals surface area contributed by atoms with E-state index in [1.54, 1.807) is 12.4 Å². The molecule has 7 nitrogen and oxygen atoms in total. The summed E-state index contributed by atoms with van der Waals surface area (Å²) in [5, 5.41) is 0. The number of carbonyl (C=O) groups excluding carboxylic acids is 1. The number of carbonyl (C=O) groups is 1. The summed E-state index contributed by atoms with van der Waals surface area (Å²) in [6.07, 6.45) is 5.96. The molecule has 1 aliphatic heterocycles. The zero-order valence-corrected chi connectivity index (χ0v) is 11.7. The minimum absolute atomic E-state index is 0.0870. The van der Waals surface area contributed by atoms with Crippen molar-refractivity contribution < 1.29 is 4.79 Å². The molecule has 1 aromatic rings. The van der Waals surface area contributed by atoms with Crippen LogP contribution in [0.4, 0.5) is 5.95 Å². The third-order valence-corrected chi connectivity index (χ3v) is 3.50. The summed E-state index contributed by atoms with van der Waals surface area (Å²) in [5.41, 5.74) is 2.15. The highest BCUT2D eigenvalue weighted by Crippen LogP contribution is 2.10. The van der Waals surface area contributed by atoms with Crippen molar-refractivity contribution in [2.75, 3.05) is 37.6 Å². The van der Waals surface area contributed by atoms with Crippen molar-refractivity contribution >= 4 is 11.9 Å². The van der Waals surface area contributed by atoms with Gasteiger partial charge in [0.2, 0.25) is 11.9 Å². The number of rotatable bonds is 6. The number of anilines is 1. The Morgan fingerprint density at radius 3 is 2.55 bits per heavy atom. The number of hydrogen-bond acceptors (Lipinski definition) is 6. The zero-order valence-electron chi connectivity index (χ0n) is 11.7. The molecule has 7 heteroatoms. The van der Waals surface area contributed by atoms with Crippen LogP contribution >= 0.6 is 0 Å². The lowest BCUT2D eigenvalue weighted by Gasteiger charge is -2.34. The van der Waals surface area contributed by atoms with Gasteiger partial charge in [0.25, 0.3) is 0 Å². The third kappa shape index (κ3) is 4.43. The molecule has 2 rings (SSSR count). The molecule has 0 spiro atoms. The quantitative estimate of drug-likeness (QED) is 0.323. The van der Waals surface area contributed by atoms with E-state index in [1.807, 2.05) is 6.07 Å². The minimum atomic E-state index is -0.0870. The van der Waals surface area contributed by atoms with Crippen molar-refractivity contribution in [1.82, 2.24) is 20.3 Å². The lowest BCUT2D eigenvalue weighted by atomic mass is 10.2. The first-order valence-corrected chi connectivity index (χ1v) is 7.03. The molecule has 0 bridgehead atoms. The van der Waals surface area contributed by atoms with Gasteiger partial charge in [-0.1, -0.05) is 0 Å². The molecule has 1 amide bonds. The molecule has 0 aliphatic carbocycles. The molecule has 3 N–H and O–H groups in total. The van der Waals surface area contributed by atoms with Crippen LogP contribution in [0.15, 0.2) is 18.5 Å². The van der Waals surface area contributed by atoms with Gasteiger partial charge in [-0.15, -0.1) is 0 Å². The molecule has 0 atom stereocenters. The molecule has 0 radical (unpaired) electrons. The maximum absolute atomic E-state index is 11.0. The van der Waals surface area contributed by atoms with Crippen molar-refractivity contribution in [2.45, 2.75) is 19.3 Å². The standard InChI is InChI=1S/C13H22N6O/c14-17-12(20)4-1-2-7-18-8-10-19(11-9-18)13-15-5-3-6-16-13/h3,5-6H,1-2,4,7-11,14H2,(H,17,20). The minimum Gasteiger partial charge on any atom is -0.338 e. The lowest BCUT2D eigenvalue weighted by molar-refractivity contribution is -0.121. The van der Waals surface area contributed by atoms with Crippen molar-refractivity contribution in [3.8, 4) is 0 Å². The van der Waals surface area contributed by atoms with Gasteiger partial charge in [0.15, 0.2) is 0 Å². The van der Waals surface area contributed by atoms with E-state index in [-0.39, 0.29) is 5.91 Å². The SMILES string of the molecule is NNC(=O)CCCCN1CCN(c2ncccn2)CC1. The van der Waals surface area contributed by atoms with E-state index in [2.05, 4.69) is 25.2 Å². The van der Waals surface area contributed by atoms with Gasteiger partial charge in [0.05, 0.1) is 0 Å². The van der Waals surface area contributed by atoms with Crippen LogP contribution in [0.5, 0.6) is 0 Å². The van der Waals surface area contributed by atoms with Crippen molar-refractivity contribution in [3.63, 3.8) is 0 Å². The maximum Gasteiger partial charge on any atom is 0.233 e. The summed E-state index contributed by atoms with van der Waals surface area (Å²) in [4.78, 5) is 24.2. The zero-order chi connectivity index (χ0) is 14.2. The Morgan fingerprint density at radius 1 is 1.20 bits per heavy atom. The number of aromatic nitrogens is 2. The fourth-order valence-electron chi connectivity index (χ4n) is 2.32. The summed E-state index contributed by atoms with van der Waals surface area (Å²) in [6.45, 7) is 4.96. The van der Waals surface area contributed by atoms with Gasteiger partial charge in [-0.3, -0.25) is 15.1 Å². The second-order valence-corrected chi connectivity index (χ2v) is 4.90. The molecule has 1 saturated heterocycles. The number of nitrogens with two attached hydrogens (primary N) is 1. The van der Waals surface area contributed by atoms with Crippen LogP contribution in [0.25, 0.3) is 0 Å². The number of nitrogens with one attached hydrogen (secondary N) is 1. The largest absolute Gasteiger partial charge is 0.338 e. The van der Waals surface area contributed by atoms with Crippen LogP contribution in [0, 0.1) is 0 Å². The van der Waals surface area contributed by atoms with E-state index in [0.29, 0.717) is 6.42 Å². The average molecular weight is 278 g/mol. The van der Waals surface area contributed by atoms with Gasteiger partial charge in [0, 0.05) is 45.0 Å². The molecule has 110 valence electrons. The monoisotopic (exact) mass is 278 g/mol. The molecule has 2 heterocycles. The van der Waals surface area contributed by atoms with Crippen LogP contribution in [-0.2, 0) is 4.79 Å². The van der Waals surface area contributed by atoms with Crippen LogP contribution in [0.3, 0.4) is 0 Å². The van der Waals surface area contributed by atoms with Crippen molar-refractivity contribution in [3.05, 3.63) is 18.5 Å². The number of nitrogens with zero attached hydrogens (tertiary/aromatic N) is 4. The molecule has 1 aromatic heterocycles. The first-order chi connectivity index (χ1) is 9.79. The Hall–Kier alpha value is -1.73. The Bertz CT molecular complexity index is 405. The van der Waals surface area contributed by atoms with Gasteiger partial charge in [-0.25, -0.2) is 15.8 Å². The second kappa shape index (κ2) is 7.76. The summed E-state index contributed by atoms with van der Waals surface area (Å²) in [5.74, 6) is 5.77. The van der Waals surface area contributed by atoms with Crippen LogP contribution < -0.4 is 16.2 Å². The fourth-order valence-corrected chi connectivity index (χ4v) is 2.32. The molecular weight excluding hydrogens is 256 g/mol. The van der Waals surface area contributed by atoms with E-state index < -0.39 is 0 Å². The van der Waals surface area contributed by atoms with Gasteiger partial charge in [-0.2, -0.15) is 0 Å². The van der Waals surface area contributed by atoms with Gasteiger partial charge >= 0.3 is 0 Å². The highest BCUT2D eigenvalue weighted by atomic mass is 16.2. The Labute approximate surface area is 119 Å². The summed E-state index contributed by atoms with van der Waals surface area (Å²) in [7, 11) is 0. The van der Waals surface area contributed by atoms with Gasteiger partial charge in [0.1, 0.15) is 0 Å². The van der Waals surface area contributed by atoms with E-state index in [0.717, 1.165) is 51.5 Å². The van der Waals surface area contributed by atoms with E-state index in [1.165, 1.54) is 0 Å². The lowest BCUT2D eigenvalue weighted by Crippen LogP contribution is -2.47. The van der Waals surface area contributed by atoms with Crippen LogP contribution in [0.2, 0.25) is 0 Å². The topological polar surface area (TPSA) is 87.4 Å². The summed E-state index contributed by atoms with van der Waals surface area (Å²) in [6, 6.07) is 1.83. The van der Waals surface area contributed by atoms with E-state index in [9.17, 15) is 4.79 Å². The number of piperazine rings is 1. The summed E-state index contributed by atoms with van der Waals surface area (Å²) >= 11 is 0. The molecule has 0 saturated carbocycles. The van der Waals surface area contributed by atoms with Crippen molar-refractivity contribution in [1.29, 1.82) is 0 Å². The summed E-state index contributed by atoms with van der Waals surface area (Å²) < 4.78 is 0. The Morgan fingerprint density at radius 2 is 1.90 bits per heavy atom. The van der Waals surface area contributed by atoms with E-state index in [4.69, 9.17) is 5.84 Å². The third-order valence-electron chi connectivity index (χ3n) is 3.50. The van der Waals surface area contributed by atoms with Crippen LogP contribution in [-0.4, -0.2) is 53.5 Å². The molecule has 1 fully saturated rings. The highest BCUT2D eigenvalue weighted by molar-refractivity contribution is 5.75. The predicted octanol–water partition coefficient (Wildman–Crippen LogP) is -0.241. The number of hydrazine groups is 1. The highest BCUT2D eigenvalue weighted by Gasteiger charge is 2.18. The average Bonchev–Trinajstić information content (AvgIpc) is 2.52. The van der Waals surface area contributed by atoms with E-state index >= 15 is 0 Å². The van der Waals surface area contributed by atoms with Crippen molar-refractivity contribution in [2.24, 2.45) is 5.84 Å². The second-order valence-electron chi connectivity index (χ2n) is 4.90.